The topological polar surface area (TPSA) is 138 Å². The van der Waals surface area contributed by atoms with Crippen molar-refractivity contribution in [1.82, 2.24) is 9.66 Å². The Labute approximate surface area is 255 Å². The Kier molecular flexibility index (Phi) is 9.15. The van der Waals surface area contributed by atoms with E-state index in [0.29, 0.717) is 28.0 Å². The lowest BCUT2D eigenvalue weighted by atomic mass is 9.88. The predicted octanol–water partition coefficient (Wildman–Crippen LogP) is 6.33. The second-order valence-corrected chi connectivity index (χ2v) is 11.2. The van der Waals surface area contributed by atoms with E-state index in [1.165, 1.54) is 30.1 Å². The van der Waals surface area contributed by atoms with Crippen molar-refractivity contribution in [2.75, 3.05) is 19.0 Å². The van der Waals surface area contributed by atoms with Gasteiger partial charge in [-0.25, -0.2) is 4.98 Å². The first-order chi connectivity index (χ1) is 20.7. The maximum atomic E-state index is 13.6. The van der Waals surface area contributed by atoms with Crippen molar-refractivity contribution in [2.24, 2.45) is 5.10 Å². The molecular formula is C31H30BrN5O6. The number of nitro groups is 1. The monoisotopic (exact) mass is 647 g/mol. The van der Waals surface area contributed by atoms with E-state index in [9.17, 15) is 19.7 Å². The van der Waals surface area contributed by atoms with Gasteiger partial charge in [-0.15, -0.1) is 0 Å². The number of hydrogen-bond acceptors (Lipinski definition) is 8. The van der Waals surface area contributed by atoms with Gasteiger partial charge in [-0.05, 0) is 55.7 Å². The Morgan fingerprint density at radius 1 is 1.19 bits per heavy atom. The number of aromatic nitrogens is 2. The Balaban J connectivity index is 1.48. The molecule has 4 aromatic rings. The van der Waals surface area contributed by atoms with Gasteiger partial charge in [0.2, 0.25) is 5.75 Å². The standard InChI is InChI=1S/C31H30BrN5O6/c1-19-8-6-7-11-24(19)34-28(38)18-43-29-26(37(40)41)14-20(15-27(29)42-2)17-33-36-30(21-9-4-3-5-10-21)35-25-13-12-22(32)16-23(25)31(36)39/h6-8,11-17,21H,3-5,9-10,18H2,1-2H3,(H,34,38). The summed E-state index contributed by atoms with van der Waals surface area (Å²) in [5.41, 5.74) is 1.63. The number of hydrogen-bond donors (Lipinski definition) is 1. The molecule has 0 aliphatic heterocycles. The van der Waals surface area contributed by atoms with Crippen molar-refractivity contribution in [2.45, 2.75) is 44.9 Å². The van der Waals surface area contributed by atoms with Crippen LogP contribution in [0.4, 0.5) is 11.4 Å². The number of para-hydroxylation sites is 1. The molecule has 1 aliphatic rings. The number of aryl methyl sites for hydroxylation is 1. The number of halogens is 1. The van der Waals surface area contributed by atoms with Crippen molar-refractivity contribution in [3.63, 3.8) is 0 Å². The lowest BCUT2D eigenvalue weighted by Gasteiger charge is -2.22. The van der Waals surface area contributed by atoms with E-state index >= 15 is 0 Å². The van der Waals surface area contributed by atoms with Crippen LogP contribution in [0.3, 0.4) is 0 Å². The number of fused-ring (bicyclic) bond motifs is 1. The summed E-state index contributed by atoms with van der Waals surface area (Å²) < 4.78 is 13.0. The van der Waals surface area contributed by atoms with E-state index in [1.807, 2.05) is 25.1 Å². The third kappa shape index (κ3) is 6.75. The van der Waals surface area contributed by atoms with E-state index in [2.05, 4.69) is 26.3 Å². The molecule has 1 fully saturated rings. The molecule has 1 N–H and O–H groups in total. The molecule has 1 heterocycles. The van der Waals surface area contributed by atoms with Crippen LogP contribution in [0.2, 0.25) is 0 Å². The number of ether oxygens (including phenoxy) is 2. The minimum absolute atomic E-state index is 0.0414. The van der Waals surface area contributed by atoms with Gasteiger partial charge in [-0.3, -0.25) is 19.7 Å². The van der Waals surface area contributed by atoms with Gasteiger partial charge in [0.1, 0.15) is 5.82 Å². The van der Waals surface area contributed by atoms with Crippen LogP contribution in [0.5, 0.6) is 11.5 Å². The van der Waals surface area contributed by atoms with E-state index in [1.54, 1.807) is 24.3 Å². The second-order valence-electron chi connectivity index (χ2n) is 10.3. The maximum absolute atomic E-state index is 13.6. The minimum Gasteiger partial charge on any atom is -0.493 e. The number of methoxy groups -OCH3 is 1. The molecule has 0 atom stereocenters. The Morgan fingerprint density at radius 3 is 2.67 bits per heavy atom. The highest BCUT2D eigenvalue weighted by molar-refractivity contribution is 9.10. The summed E-state index contributed by atoms with van der Waals surface area (Å²) in [7, 11) is 1.34. The predicted molar refractivity (Wildman–Crippen MR) is 167 cm³/mol. The molecule has 11 nitrogen and oxygen atoms in total. The Bertz CT molecular complexity index is 1780. The van der Waals surface area contributed by atoms with Crippen LogP contribution in [-0.2, 0) is 4.79 Å². The molecule has 1 saturated carbocycles. The zero-order valence-electron chi connectivity index (χ0n) is 23.7. The number of nitrogens with one attached hydrogen (secondary N) is 1. The summed E-state index contributed by atoms with van der Waals surface area (Å²) in [6.45, 7) is 1.38. The fourth-order valence-electron chi connectivity index (χ4n) is 5.18. The fraction of sp³-hybridized carbons (Fsp3) is 0.290. The third-order valence-electron chi connectivity index (χ3n) is 7.37. The smallest absolute Gasteiger partial charge is 0.315 e. The molecule has 5 rings (SSSR count). The molecule has 3 aromatic carbocycles. The lowest BCUT2D eigenvalue weighted by molar-refractivity contribution is -0.385. The molecule has 1 amide bonds. The molecule has 0 radical (unpaired) electrons. The van der Waals surface area contributed by atoms with Crippen LogP contribution in [0.15, 0.2) is 69.0 Å². The van der Waals surface area contributed by atoms with E-state index < -0.39 is 23.1 Å². The number of benzene rings is 3. The number of carbonyl (C=O) groups is 1. The van der Waals surface area contributed by atoms with Gasteiger partial charge in [-0.2, -0.15) is 9.78 Å². The van der Waals surface area contributed by atoms with Gasteiger partial charge in [0, 0.05) is 27.7 Å². The van der Waals surface area contributed by atoms with Crippen LogP contribution < -0.4 is 20.3 Å². The Hall–Kier alpha value is -4.58. The maximum Gasteiger partial charge on any atom is 0.315 e. The first kappa shape index (κ1) is 29.9. The molecule has 0 unspecified atom stereocenters. The second kappa shape index (κ2) is 13.2. The van der Waals surface area contributed by atoms with Crippen molar-refractivity contribution >= 4 is 50.3 Å². The SMILES string of the molecule is COc1cc(C=Nn2c(C3CCCCC3)nc3ccc(Br)cc3c2=O)cc([N+](=O)[O-])c1OCC(=O)Nc1ccccc1C. The molecule has 222 valence electrons. The number of amides is 1. The lowest BCUT2D eigenvalue weighted by Crippen LogP contribution is -2.25. The van der Waals surface area contributed by atoms with Crippen molar-refractivity contribution < 1.29 is 19.2 Å². The molecule has 1 aromatic heterocycles. The average Bonchev–Trinajstić information content (AvgIpc) is 3.01. The number of anilines is 1. The fourth-order valence-corrected chi connectivity index (χ4v) is 5.54. The average molecular weight is 649 g/mol. The molecule has 43 heavy (non-hydrogen) atoms. The van der Waals surface area contributed by atoms with Crippen molar-refractivity contribution in [3.8, 4) is 11.5 Å². The first-order valence-electron chi connectivity index (χ1n) is 13.9. The largest absolute Gasteiger partial charge is 0.493 e. The van der Waals surface area contributed by atoms with E-state index in [4.69, 9.17) is 14.5 Å². The highest BCUT2D eigenvalue weighted by Crippen LogP contribution is 2.38. The van der Waals surface area contributed by atoms with Gasteiger partial charge in [0.05, 0.1) is 29.2 Å². The van der Waals surface area contributed by atoms with Crippen LogP contribution in [-0.4, -0.2) is 40.4 Å². The summed E-state index contributed by atoms with van der Waals surface area (Å²) in [4.78, 5) is 42.4. The summed E-state index contributed by atoms with van der Waals surface area (Å²) in [6, 6.07) is 15.3. The summed E-state index contributed by atoms with van der Waals surface area (Å²) in [5, 5.41) is 19.7. The van der Waals surface area contributed by atoms with Gasteiger partial charge in [-0.1, -0.05) is 53.4 Å². The van der Waals surface area contributed by atoms with Crippen molar-refractivity contribution in [1.29, 1.82) is 0 Å². The highest BCUT2D eigenvalue weighted by Gasteiger charge is 2.25. The van der Waals surface area contributed by atoms with Gasteiger partial charge in [0.25, 0.3) is 11.5 Å². The molecule has 0 bridgehead atoms. The van der Waals surface area contributed by atoms with Crippen molar-refractivity contribution in [3.05, 3.63) is 96.5 Å². The molecule has 0 spiro atoms. The summed E-state index contributed by atoms with van der Waals surface area (Å²) >= 11 is 3.42. The molecule has 12 heteroatoms. The van der Waals surface area contributed by atoms with Crippen LogP contribution in [0.1, 0.15) is 55.0 Å². The number of rotatable bonds is 9. The number of nitro benzene ring substituents is 1. The van der Waals surface area contributed by atoms with Crippen LogP contribution >= 0.6 is 15.9 Å². The van der Waals surface area contributed by atoms with Crippen LogP contribution in [0.25, 0.3) is 10.9 Å². The van der Waals surface area contributed by atoms with Gasteiger partial charge >= 0.3 is 5.69 Å². The van der Waals surface area contributed by atoms with Gasteiger partial charge < -0.3 is 14.8 Å². The number of carbonyl (C=O) groups excluding carboxylic acids is 1. The van der Waals surface area contributed by atoms with E-state index in [0.717, 1.165) is 42.1 Å². The third-order valence-corrected chi connectivity index (χ3v) is 7.86. The normalized spacial score (nSPS) is 13.7. The molecular weight excluding hydrogens is 618 g/mol. The first-order valence-corrected chi connectivity index (χ1v) is 14.7. The zero-order chi connectivity index (χ0) is 30.5. The quantitative estimate of drug-likeness (QED) is 0.127. The summed E-state index contributed by atoms with van der Waals surface area (Å²) in [5.74, 6) is -0.00283. The molecule has 1 aliphatic carbocycles. The minimum atomic E-state index is -0.622. The number of nitrogens with zero attached hydrogens (tertiary/aromatic N) is 4. The summed E-state index contributed by atoms with van der Waals surface area (Å²) in [6.07, 6.45) is 6.37. The zero-order valence-corrected chi connectivity index (χ0v) is 25.3. The Morgan fingerprint density at radius 2 is 1.95 bits per heavy atom. The van der Waals surface area contributed by atoms with E-state index in [-0.39, 0.29) is 23.0 Å². The van der Waals surface area contributed by atoms with Crippen LogP contribution in [0, 0.1) is 17.0 Å². The molecule has 0 saturated heterocycles. The highest BCUT2D eigenvalue weighted by atomic mass is 79.9. The van der Waals surface area contributed by atoms with Gasteiger partial charge in [0.15, 0.2) is 12.4 Å².